The molecule has 0 N–H and O–H groups in total. The van der Waals surface area contributed by atoms with E-state index in [9.17, 15) is 4.39 Å². The Morgan fingerprint density at radius 2 is 2.00 bits per heavy atom. The number of imidazole rings is 1. The van der Waals surface area contributed by atoms with E-state index in [1.807, 2.05) is 0 Å². The van der Waals surface area contributed by atoms with Crippen molar-refractivity contribution >= 4 is 22.6 Å². The van der Waals surface area contributed by atoms with Crippen LogP contribution < -0.4 is 4.74 Å². The van der Waals surface area contributed by atoms with Crippen molar-refractivity contribution in [2.45, 2.75) is 50.4 Å². The fourth-order valence-electron chi connectivity index (χ4n) is 3.32. The fourth-order valence-corrected chi connectivity index (χ4v) is 3.51. The van der Waals surface area contributed by atoms with Gasteiger partial charge >= 0.3 is 0 Å². The molecule has 0 spiro atoms. The topological polar surface area (TPSA) is 27.1 Å². The lowest BCUT2D eigenvalue weighted by Crippen LogP contribution is -2.11. The molecule has 0 aliphatic heterocycles. The molecule has 1 heterocycles. The van der Waals surface area contributed by atoms with E-state index < -0.39 is 0 Å². The summed E-state index contributed by atoms with van der Waals surface area (Å²) in [7, 11) is 1.49. The summed E-state index contributed by atoms with van der Waals surface area (Å²) in [5, 5.41) is 0. The van der Waals surface area contributed by atoms with Crippen molar-refractivity contribution in [2.24, 2.45) is 0 Å². The molecule has 21 heavy (non-hydrogen) atoms. The van der Waals surface area contributed by atoms with Gasteiger partial charge in [0.15, 0.2) is 11.6 Å². The molecule has 0 saturated heterocycles. The number of hydrogen-bond acceptors (Lipinski definition) is 2. The van der Waals surface area contributed by atoms with Crippen LogP contribution in [0.4, 0.5) is 4.39 Å². The predicted octanol–water partition coefficient (Wildman–Crippen LogP) is 4.82. The summed E-state index contributed by atoms with van der Waals surface area (Å²) in [5.74, 6) is 1.05. The maximum atomic E-state index is 13.9. The number of aromatic nitrogens is 2. The quantitative estimate of drug-likeness (QED) is 0.600. The molecule has 114 valence electrons. The lowest BCUT2D eigenvalue weighted by Gasteiger charge is -2.19. The highest BCUT2D eigenvalue weighted by Crippen LogP contribution is 2.34. The molecule has 1 aliphatic carbocycles. The standard InChI is InChI=1S/C16H20ClFN2O/c1-21-15-9-14-13(8-12(15)18)19-16(10-17)20(14)11-6-4-2-3-5-7-11/h8-9,11H,2-7,10H2,1H3. The number of halogens is 2. The second kappa shape index (κ2) is 6.22. The third-order valence-corrected chi connectivity index (χ3v) is 4.58. The largest absolute Gasteiger partial charge is 0.494 e. The monoisotopic (exact) mass is 310 g/mol. The molecular weight excluding hydrogens is 291 g/mol. The van der Waals surface area contributed by atoms with Gasteiger partial charge in [-0.3, -0.25) is 0 Å². The lowest BCUT2D eigenvalue weighted by atomic mass is 10.1. The van der Waals surface area contributed by atoms with Gasteiger partial charge in [-0.2, -0.15) is 0 Å². The molecule has 1 fully saturated rings. The molecule has 3 rings (SSSR count). The summed E-state index contributed by atoms with van der Waals surface area (Å²) < 4.78 is 21.2. The Hall–Kier alpha value is -1.29. The first-order valence-corrected chi connectivity index (χ1v) is 8.08. The van der Waals surface area contributed by atoms with E-state index >= 15 is 0 Å². The summed E-state index contributed by atoms with van der Waals surface area (Å²) in [4.78, 5) is 4.51. The van der Waals surface area contributed by atoms with Crippen molar-refractivity contribution in [3.05, 3.63) is 23.8 Å². The van der Waals surface area contributed by atoms with Crippen LogP contribution in [0.2, 0.25) is 0 Å². The minimum Gasteiger partial charge on any atom is -0.494 e. The summed E-state index contributed by atoms with van der Waals surface area (Å²) in [6.45, 7) is 0. The number of methoxy groups -OCH3 is 1. The highest BCUT2D eigenvalue weighted by atomic mass is 35.5. The predicted molar refractivity (Wildman–Crippen MR) is 82.5 cm³/mol. The average molecular weight is 311 g/mol. The second-order valence-corrected chi connectivity index (χ2v) is 5.92. The Morgan fingerprint density at radius 3 is 2.62 bits per heavy atom. The van der Waals surface area contributed by atoms with E-state index in [1.165, 1.54) is 38.9 Å². The van der Waals surface area contributed by atoms with Crippen molar-refractivity contribution in [1.82, 2.24) is 9.55 Å². The van der Waals surface area contributed by atoms with E-state index in [0.29, 0.717) is 17.4 Å². The molecule has 1 aliphatic rings. The molecular formula is C16H20ClFN2O. The van der Waals surface area contributed by atoms with Gasteiger partial charge < -0.3 is 9.30 Å². The maximum Gasteiger partial charge on any atom is 0.167 e. The fraction of sp³-hybridized carbons (Fsp3) is 0.562. The first-order valence-electron chi connectivity index (χ1n) is 7.55. The number of alkyl halides is 1. The van der Waals surface area contributed by atoms with Crippen molar-refractivity contribution < 1.29 is 9.13 Å². The third kappa shape index (κ3) is 2.73. The molecule has 1 aromatic heterocycles. The van der Waals surface area contributed by atoms with Gasteiger partial charge in [0.05, 0.1) is 24.0 Å². The number of nitrogens with zero attached hydrogens (tertiary/aromatic N) is 2. The van der Waals surface area contributed by atoms with E-state index in [4.69, 9.17) is 16.3 Å². The number of benzene rings is 1. The van der Waals surface area contributed by atoms with Crippen LogP contribution in [0, 0.1) is 5.82 Å². The molecule has 0 unspecified atom stereocenters. The molecule has 0 atom stereocenters. The number of rotatable bonds is 3. The van der Waals surface area contributed by atoms with Gasteiger partial charge in [0.25, 0.3) is 0 Å². The molecule has 1 saturated carbocycles. The van der Waals surface area contributed by atoms with Crippen molar-refractivity contribution in [3.63, 3.8) is 0 Å². The van der Waals surface area contributed by atoms with Gasteiger partial charge in [0, 0.05) is 18.2 Å². The zero-order chi connectivity index (χ0) is 14.8. The minimum atomic E-state index is -0.378. The number of hydrogen-bond donors (Lipinski definition) is 0. The molecule has 3 nitrogen and oxygen atoms in total. The SMILES string of the molecule is COc1cc2c(cc1F)nc(CCl)n2C1CCCCCC1. The Bertz CT molecular complexity index is 633. The van der Waals surface area contributed by atoms with E-state index in [2.05, 4.69) is 9.55 Å². The normalized spacial score (nSPS) is 17.1. The molecule has 0 radical (unpaired) electrons. The van der Waals surface area contributed by atoms with Gasteiger partial charge in [-0.1, -0.05) is 25.7 Å². The highest BCUT2D eigenvalue weighted by Gasteiger charge is 2.21. The maximum absolute atomic E-state index is 13.9. The van der Waals surface area contributed by atoms with Gasteiger partial charge in [0.2, 0.25) is 0 Å². The smallest absolute Gasteiger partial charge is 0.167 e. The number of fused-ring (bicyclic) bond motifs is 1. The Balaban J connectivity index is 2.13. The molecule has 5 heteroatoms. The van der Waals surface area contributed by atoms with Crippen molar-refractivity contribution in [2.75, 3.05) is 7.11 Å². The van der Waals surface area contributed by atoms with Crippen LogP contribution in [0.1, 0.15) is 50.4 Å². The molecule has 1 aromatic carbocycles. The van der Waals surface area contributed by atoms with Crippen LogP contribution in [0.3, 0.4) is 0 Å². The van der Waals surface area contributed by atoms with Gasteiger partial charge in [-0.05, 0) is 12.8 Å². The Kier molecular flexibility index (Phi) is 4.34. The summed E-state index contributed by atoms with van der Waals surface area (Å²) in [6.07, 6.45) is 7.30. The van der Waals surface area contributed by atoms with Gasteiger partial charge in [-0.15, -0.1) is 11.6 Å². The van der Waals surface area contributed by atoms with Crippen LogP contribution in [0.15, 0.2) is 12.1 Å². The molecule has 0 bridgehead atoms. The van der Waals surface area contributed by atoms with Crippen LogP contribution in [0.5, 0.6) is 5.75 Å². The number of ether oxygens (including phenoxy) is 1. The van der Waals surface area contributed by atoms with Gasteiger partial charge in [0.1, 0.15) is 5.82 Å². The molecule has 2 aromatic rings. The first-order chi connectivity index (χ1) is 10.2. The lowest BCUT2D eigenvalue weighted by molar-refractivity contribution is 0.386. The van der Waals surface area contributed by atoms with Crippen molar-refractivity contribution in [1.29, 1.82) is 0 Å². The van der Waals surface area contributed by atoms with Crippen LogP contribution in [-0.2, 0) is 5.88 Å². The zero-order valence-electron chi connectivity index (χ0n) is 12.2. The Labute approximate surface area is 129 Å². The van der Waals surface area contributed by atoms with E-state index in [1.54, 1.807) is 6.07 Å². The second-order valence-electron chi connectivity index (χ2n) is 5.65. The van der Waals surface area contributed by atoms with Crippen LogP contribution in [-0.4, -0.2) is 16.7 Å². The highest BCUT2D eigenvalue weighted by molar-refractivity contribution is 6.16. The van der Waals surface area contributed by atoms with E-state index in [-0.39, 0.29) is 11.6 Å². The van der Waals surface area contributed by atoms with Crippen LogP contribution in [0.25, 0.3) is 11.0 Å². The summed E-state index contributed by atoms with van der Waals surface area (Å²) in [5.41, 5.74) is 1.59. The molecule has 0 amide bonds. The van der Waals surface area contributed by atoms with Gasteiger partial charge in [-0.25, -0.2) is 9.37 Å². The zero-order valence-corrected chi connectivity index (χ0v) is 13.0. The summed E-state index contributed by atoms with van der Waals surface area (Å²) >= 11 is 6.07. The van der Waals surface area contributed by atoms with E-state index in [0.717, 1.165) is 24.2 Å². The summed E-state index contributed by atoms with van der Waals surface area (Å²) in [6, 6.07) is 3.59. The first kappa shape index (κ1) is 14.6. The van der Waals surface area contributed by atoms with Crippen LogP contribution >= 0.6 is 11.6 Å². The minimum absolute atomic E-state index is 0.262. The Morgan fingerprint density at radius 1 is 1.29 bits per heavy atom. The van der Waals surface area contributed by atoms with Crippen molar-refractivity contribution in [3.8, 4) is 5.75 Å². The third-order valence-electron chi connectivity index (χ3n) is 4.35. The average Bonchev–Trinajstić information content (AvgIpc) is 2.66.